The Balaban J connectivity index is 1.34. The third-order valence-electron chi connectivity index (χ3n) is 8.50. The normalized spacial score (nSPS) is 12.9. The van der Waals surface area contributed by atoms with Crippen molar-refractivity contribution in [2.75, 3.05) is 4.90 Å². The van der Waals surface area contributed by atoms with Crippen LogP contribution in [0, 0.1) is 0 Å². The molecule has 40 heavy (non-hydrogen) atoms. The number of anilines is 3. The summed E-state index contributed by atoms with van der Waals surface area (Å²) in [5.41, 5.74) is 9.01. The van der Waals surface area contributed by atoms with Crippen LogP contribution in [0.5, 0.6) is 0 Å². The molecule has 0 saturated heterocycles. The van der Waals surface area contributed by atoms with E-state index in [0.717, 1.165) is 27.6 Å². The zero-order valence-corrected chi connectivity index (χ0v) is 22.1. The largest absolute Gasteiger partial charge is 0.456 e. The first-order valence-electron chi connectivity index (χ1n) is 13.5. The van der Waals surface area contributed by atoms with Crippen molar-refractivity contribution >= 4 is 92.3 Å². The maximum Gasteiger partial charge on any atom is 0.135 e. The molecule has 3 aromatic heterocycles. The lowest BCUT2D eigenvalue weighted by molar-refractivity contribution is 0.669. The maximum atomic E-state index is 6.16. The molecule has 1 aliphatic rings. The average molecular weight is 529 g/mol. The standard InChI is InChI=1S/C36H20N2OS/c1-5-14-31-22(8-1)26-20-21(16-19-32(26)39-31)37-27-11-3-4-12-28(27)38-29-18-17-24-23-9-2-6-15-33(23)40-36(24)34(29)25-10-7-13-30(37)35(25)38/h1-20H. The molecule has 3 nitrogen and oxygen atoms in total. The van der Waals surface area contributed by atoms with Gasteiger partial charge in [-0.25, -0.2) is 0 Å². The number of hydrogen-bond donors (Lipinski definition) is 0. The minimum atomic E-state index is 0.912. The second-order valence-corrected chi connectivity index (χ2v) is 11.6. The molecule has 0 spiro atoms. The molecule has 0 aliphatic carbocycles. The van der Waals surface area contributed by atoms with Crippen molar-refractivity contribution in [3.8, 4) is 5.69 Å². The van der Waals surface area contributed by atoms with Gasteiger partial charge in [-0.05, 0) is 54.6 Å². The summed E-state index contributed by atoms with van der Waals surface area (Å²) in [6, 6.07) is 43.8. The van der Waals surface area contributed by atoms with Crippen molar-refractivity contribution in [3.63, 3.8) is 0 Å². The summed E-state index contributed by atoms with van der Waals surface area (Å²) in [5, 5.41) is 7.57. The fraction of sp³-hybridized carbons (Fsp3) is 0. The summed E-state index contributed by atoms with van der Waals surface area (Å²) in [7, 11) is 0. The van der Waals surface area contributed by atoms with Gasteiger partial charge in [0, 0.05) is 47.4 Å². The Kier molecular flexibility index (Phi) is 3.81. The molecule has 9 aromatic rings. The van der Waals surface area contributed by atoms with Gasteiger partial charge in [0.1, 0.15) is 11.2 Å². The Bertz CT molecular complexity index is 2510. The fourth-order valence-electron chi connectivity index (χ4n) is 6.85. The van der Waals surface area contributed by atoms with Crippen LogP contribution in [0.2, 0.25) is 0 Å². The first-order valence-corrected chi connectivity index (χ1v) is 14.3. The molecule has 0 saturated carbocycles. The molecule has 4 heterocycles. The van der Waals surface area contributed by atoms with Crippen LogP contribution >= 0.6 is 11.3 Å². The van der Waals surface area contributed by atoms with Gasteiger partial charge >= 0.3 is 0 Å². The summed E-state index contributed by atoms with van der Waals surface area (Å²) in [5.74, 6) is 0. The topological polar surface area (TPSA) is 21.3 Å². The van der Waals surface area contributed by atoms with E-state index in [2.05, 4.69) is 119 Å². The number of nitrogens with zero attached hydrogens (tertiary/aromatic N) is 2. The zero-order valence-electron chi connectivity index (χ0n) is 21.3. The highest BCUT2D eigenvalue weighted by atomic mass is 32.1. The van der Waals surface area contributed by atoms with Crippen molar-refractivity contribution in [1.29, 1.82) is 0 Å². The molecule has 0 radical (unpaired) electrons. The Morgan fingerprint density at radius 2 is 1.27 bits per heavy atom. The highest BCUT2D eigenvalue weighted by Gasteiger charge is 2.29. The minimum absolute atomic E-state index is 0.912. The van der Waals surface area contributed by atoms with Crippen molar-refractivity contribution < 1.29 is 4.42 Å². The molecule has 4 heteroatoms. The van der Waals surface area contributed by atoms with E-state index in [0.29, 0.717) is 0 Å². The summed E-state index contributed by atoms with van der Waals surface area (Å²) in [6.45, 7) is 0. The van der Waals surface area contributed by atoms with E-state index in [9.17, 15) is 0 Å². The van der Waals surface area contributed by atoms with E-state index in [4.69, 9.17) is 4.42 Å². The lowest BCUT2D eigenvalue weighted by Gasteiger charge is -2.33. The Labute approximate surface area is 232 Å². The first-order chi connectivity index (χ1) is 19.8. The highest BCUT2D eigenvalue weighted by molar-refractivity contribution is 7.26. The van der Waals surface area contributed by atoms with Crippen LogP contribution in [0.15, 0.2) is 126 Å². The summed E-state index contributed by atoms with van der Waals surface area (Å²) < 4.78 is 11.3. The zero-order chi connectivity index (χ0) is 25.9. The predicted molar refractivity (Wildman–Crippen MR) is 169 cm³/mol. The van der Waals surface area contributed by atoms with E-state index >= 15 is 0 Å². The van der Waals surface area contributed by atoms with Gasteiger partial charge < -0.3 is 13.9 Å². The molecule has 10 rings (SSSR count). The lowest BCUT2D eigenvalue weighted by atomic mass is 10.1. The van der Waals surface area contributed by atoms with Crippen molar-refractivity contribution in [1.82, 2.24) is 4.57 Å². The second-order valence-electron chi connectivity index (χ2n) is 10.5. The lowest BCUT2D eigenvalue weighted by Crippen LogP contribution is -2.17. The average Bonchev–Trinajstić information content (AvgIpc) is 3.67. The van der Waals surface area contributed by atoms with Gasteiger partial charge in [0.25, 0.3) is 0 Å². The number of benzene rings is 6. The van der Waals surface area contributed by atoms with Crippen molar-refractivity contribution in [3.05, 3.63) is 121 Å². The van der Waals surface area contributed by atoms with Crippen molar-refractivity contribution in [2.45, 2.75) is 0 Å². The molecule has 0 amide bonds. The molecule has 6 aromatic carbocycles. The molecule has 0 fully saturated rings. The Morgan fingerprint density at radius 1 is 0.525 bits per heavy atom. The maximum absolute atomic E-state index is 6.16. The Morgan fingerprint density at radius 3 is 2.23 bits per heavy atom. The fourth-order valence-corrected chi connectivity index (χ4v) is 8.11. The van der Waals surface area contributed by atoms with Gasteiger partial charge in [0.15, 0.2) is 0 Å². The van der Waals surface area contributed by atoms with Gasteiger partial charge in [-0.3, -0.25) is 0 Å². The van der Waals surface area contributed by atoms with Crippen LogP contribution in [0.3, 0.4) is 0 Å². The predicted octanol–water partition coefficient (Wildman–Crippen LogP) is 10.8. The molecule has 186 valence electrons. The van der Waals surface area contributed by atoms with Gasteiger partial charge in [0.05, 0.1) is 28.1 Å². The van der Waals surface area contributed by atoms with E-state index < -0.39 is 0 Å². The number of thiophene rings is 1. The molecular weight excluding hydrogens is 508 g/mol. The van der Waals surface area contributed by atoms with E-state index in [1.807, 2.05) is 23.5 Å². The number of para-hydroxylation sites is 4. The number of aromatic nitrogens is 1. The molecule has 0 unspecified atom stereocenters. The van der Waals surface area contributed by atoms with Gasteiger partial charge in [0.2, 0.25) is 0 Å². The highest BCUT2D eigenvalue weighted by Crippen LogP contribution is 2.52. The monoisotopic (exact) mass is 528 g/mol. The minimum Gasteiger partial charge on any atom is -0.456 e. The number of hydrogen-bond acceptors (Lipinski definition) is 3. The third-order valence-corrected chi connectivity index (χ3v) is 9.70. The summed E-state index contributed by atoms with van der Waals surface area (Å²) in [6.07, 6.45) is 0. The summed E-state index contributed by atoms with van der Waals surface area (Å²) in [4.78, 5) is 2.42. The van der Waals surface area contributed by atoms with Gasteiger partial charge in [-0.2, -0.15) is 0 Å². The van der Waals surface area contributed by atoms with Gasteiger partial charge in [-0.1, -0.05) is 66.7 Å². The molecule has 1 aliphatic heterocycles. The number of fused-ring (bicyclic) bond motifs is 12. The molecule has 0 atom stereocenters. The molecule has 0 bridgehead atoms. The molecular formula is C36H20N2OS. The van der Waals surface area contributed by atoms with Crippen LogP contribution in [-0.2, 0) is 0 Å². The molecule has 0 N–H and O–H groups in total. The smallest absolute Gasteiger partial charge is 0.135 e. The van der Waals surface area contributed by atoms with Crippen molar-refractivity contribution in [2.24, 2.45) is 0 Å². The van der Waals surface area contributed by atoms with Crippen LogP contribution in [0.4, 0.5) is 17.1 Å². The quantitative estimate of drug-likeness (QED) is 0.211. The van der Waals surface area contributed by atoms with Crippen LogP contribution in [0.1, 0.15) is 0 Å². The van der Waals surface area contributed by atoms with E-state index in [1.54, 1.807) is 0 Å². The first kappa shape index (κ1) is 20.8. The number of rotatable bonds is 1. The van der Waals surface area contributed by atoms with E-state index in [1.165, 1.54) is 59.0 Å². The van der Waals surface area contributed by atoms with Crippen LogP contribution < -0.4 is 4.90 Å². The Hall–Kier alpha value is -5.06. The summed E-state index contributed by atoms with van der Waals surface area (Å²) >= 11 is 1.90. The number of furan rings is 1. The van der Waals surface area contributed by atoms with E-state index in [-0.39, 0.29) is 0 Å². The van der Waals surface area contributed by atoms with Crippen LogP contribution in [-0.4, -0.2) is 4.57 Å². The second kappa shape index (κ2) is 7.32. The van der Waals surface area contributed by atoms with Gasteiger partial charge in [-0.15, -0.1) is 11.3 Å². The third kappa shape index (κ3) is 2.50. The van der Waals surface area contributed by atoms with Crippen LogP contribution in [0.25, 0.3) is 69.6 Å². The SMILES string of the molecule is c1ccc2c(c1)N(c1ccc3oc4ccccc4c3c1)c1cccc3c4c5sc6ccccc6c5ccc4n-2c13.